The van der Waals surface area contributed by atoms with E-state index >= 15 is 0 Å². The van der Waals surface area contributed by atoms with Crippen molar-refractivity contribution >= 4 is 21.9 Å². The number of nitrogens with zero attached hydrogens (tertiary/aromatic N) is 2. The SMILES string of the molecule is Cc1cc(C)nc(NS(=O)(=O)c2c[nH]c(C(=O)O)c2)n1. The predicted molar refractivity (Wildman–Crippen MR) is 70.1 cm³/mol. The number of hydrogen-bond acceptors (Lipinski definition) is 5. The van der Waals surface area contributed by atoms with Gasteiger partial charge in [0.15, 0.2) is 0 Å². The van der Waals surface area contributed by atoms with Crippen molar-refractivity contribution in [3.8, 4) is 0 Å². The lowest BCUT2D eigenvalue weighted by atomic mass is 10.4. The van der Waals surface area contributed by atoms with Crippen LogP contribution in [0.4, 0.5) is 5.95 Å². The molecule has 0 fully saturated rings. The van der Waals surface area contributed by atoms with Gasteiger partial charge in [-0.2, -0.15) is 0 Å². The fourth-order valence-corrected chi connectivity index (χ4v) is 2.54. The van der Waals surface area contributed by atoms with Gasteiger partial charge in [-0.05, 0) is 26.0 Å². The Bertz CT molecular complexity index is 746. The van der Waals surface area contributed by atoms with Crippen molar-refractivity contribution in [2.24, 2.45) is 0 Å². The van der Waals surface area contributed by atoms with Crippen LogP contribution in [0.1, 0.15) is 21.9 Å². The Morgan fingerprint density at radius 3 is 2.35 bits per heavy atom. The number of hydrogen-bond donors (Lipinski definition) is 3. The number of H-pyrrole nitrogens is 1. The molecule has 0 aliphatic carbocycles. The van der Waals surface area contributed by atoms with Crippen LogP contribution in [0.25, 0.3) is 0 Å². The molecule has 0 amide bonds. The van der Waals surface area contributed by atoms with Crippen molar-refractivity contribution in [3.05, 3.63) is 35.4 Å². The van der Waals surface area contributed by atoms with Gasteiger partial charge in [-0.25, -0.2) is 27.9 Å². The van der Waals surface area contributed by atoms with Gasteiger partial charge in [0, 0.05) is 17.6 Å². The highest BCUT2D eigenvalue weighted by atomic mass is 32.2. The Labute approximate surface area is 114 Å². The molecule has 2 aromatic heterocycles. The number of carboxylic acid groups (broad SMARTS) is 1. The smallest absolute Gasteiger partial charge is 0.352 e. The summed E-state index contributed by atoms with van der Waals surface area (Å²) in [5.41, 5.74) is 1.03. The van der Waals surface area contributed by atoms with Gasteiger partial charge in [0.25, 0.3) is 10.0 Å². The number of aromatic carboxylic acids is 1. The van der Waals surface area contributed by atoms with Crippen LogP contribution >= 0.6 is 0 Å². The van der Waals surface area contributed by atoms with Crippen LogP contribution in [0.2, 0.25) is 0 Å². The van der Waals surface area contributed by atoms with Crippen LogP contribution in [0.5, 0.6) is 0 Å². The van der Waals surface area contributed by atoms with Crippen molar-refractivity contribution in [2.75, 3.05) is 4.72 Å². The van der Waals surface area contributed by atoms with Gasteiger partial charge < -0.3 is 10.1 Å². The maximum atomic E-state index is 12.1. The van der Waals surface area contributed by atoms with Crippen molar-refractivity contribution in [3.63, 3.8) is 0 Å². The van der Waals surface area contributed by atoms with Gasteiger partial charge in [-0.3, -0.25) is 0 Å². The quantitative estimate of drug-likeness (QED) is 0.770. The van der Waals surface area contributed by atoms with Gasteiger partial charge in [-0.1, -0.05) is 0 Å². The van der Waals surface area contributed by atoms with Crippen LogP contribution in [0, 0.1) is 13.8 Å². The third-order valence-electron chi connectivity index (χ3n) is 2.41. The zero-order valence-corrected chi connectivity index (χ0v) is 11.5. The highest BCUT2D eigenvalue weighted by Crippen LogP contribution is 2.15. The molecule has 0 aromatic carbocycles. The molecule has 2 heterocycles. The first-order chi connectivity index (χ1) is 9.28. The summed E-state index contributed by atoms with van der Waals surface area (Å²) in [4.78, 5) is 20.8. The molecule has 9 heteroatoms. The fourth-order valence-electron chi connectivity index (χ4n) is 1.60. The lowest BCUT2D eigenvalue weighted by molar-refractivity contribution is 0.0691. The summed E-state index contributed by atoms with van der Waals surface area (Å²) in [6.45, 7) is 3.43. The summed E-state index contributed by atoms with van der Waals surface area (Å²) >= 11 is 0. The second kappa shape index (κ2) is 4.93. The Morgan fingerprint density at radius 2 is 1.85 bits per heavy atom. The highest BCUT2D eigenvalue weighted by Gasteiger charge is 2.19. The molecular formula is C11H12N4O4S. The molecule has 3 N–H and O–H groups in total. The third kappa shape index (κ3) is 2.94. The molecule has 8 nitrogen and oxygen atoms in total. The number of nitrogens with one attached hydrogen (secondary N) is 2. The molecule has 0 atom stereocenters. The molecule has 0 aliphatic heterocycles. The van der Waals surface area contributed by atoms with Gasteiger partial charge in [0.1, 0.15) is 10.6 Å². The summed E-state index contributed by atoms with van der Waals surface area (Å²) in [6, 6.07) is 2.73. The first kappa shape index (κ1) is 14.0. The van der Waals surface area contributed by atoms with E-state index in [1.165, 1.54) is 0 Å². The zero-order chi connectivity index (χ0) is 14.9. The average Bonchev–Trinajstić information content (AvgIpc) is 2.76. The molecule has 106 valence electrons. The largest absolute Gasteiger partial charge is 0.477 e. The molecule has 0 radical (unpaired) electrons. The van der Waals surface area contributed by atoms with Gasteiger partial charge in [0.05, 0.1) is 0 Å². The summed E-state index contributed by atoms with van der Waals surface area (Å²) in [6.07, 6.45) is 1.09. The Morgan fingerprint density at radius 1 is 1.25 bits per heavy atom. The number of aryl methyl sites for hydroxylation is 2. The van der Waals surface area contributed by atoms with Crippen LogP contribution in [0.3, 0.4) is 0 Å². The van der Waals surface area contributed by atoms with Crippen molar-refractivity contribution in [1.29, 1.82) is 0 Å². The van der Waals surface area contributed by atoms with Crippen molar-refractivity contribution < 1.29 is 18.3 Å². The minimum absolute atomic E-state index is 0.0550. The molecule has 0 unspecified atom stereocenters. The van der Waals surface area contributed by atoms with E-state index in [0.29, 0.717) is 11.4 Å². The standard InChI is InChI=1S/C11H12N4O4S/c1-6-3-7(2)14-11(13-6)15-20(18,19)8-4-9(10(16)17)12-5-8/h3-5,12H,1-2H3,(H,16,17)(H,13,14,15). The second-order valence-corrected chi connectivity index (χ2v) is 5.82. The maximum absolute atomic E-state index is 12.1. The molecular weight excluding hydrogens is 284 g/mol. The first-order valence-corrected chi connectivity index (χ1v) is 7.03. The summed E-state index contributed by atoms with van der Waals surface area (Å²) in [5, 5.41) is 8.76. The Hall–Kier alpha value is -2.42. The van der Waals surface area contributed by atoms with E-state index in [9.17, 15) is 13.2 Å². The van der Waals surface area contributed by atoms with Gasteiger partial charge in [0.2, 0.25) is 5.95 Å². The van der Waals surface area contributed by atoms with E-state index in [2.05, 4.69) is 19.7 Å². The topological polar surface area (TPSA) is 125 Å². The van der Waals surface area contributed by atoms with Gasteiger partial charge in [-0.15, -0.1) is 0 Å². The number of rotatable bonds is 4. The van der Waals surface area contributed by atoms with Crippen molar-refractivity contribution in [2.45, 2.75) is 18.7 Å². The second-order valence-electron chi connectivity index (χ2n) is 4.13. The molecule has 2 aromatic rings. The first-order valence-electron chi connectivity index (χ1n) is 5.55. The molecule has 0 saturated carbocycles. The van der Waals surface area contributed by atoms with E-state index in [1.54, 1.807) is 19.9 Å². The van der Waals surface area contributed by atoms with E-state index in [0.717, 1.165) is 12.3 Å². The average molecular weight is 296 g/mol. The van der Waals surface area contributed by atoms with Crippen LogP contribution in [0.15, 0.2) is 23.2 Å². The van der Waals surface area contributed by atoms with E-state index in [1.807, 2.05) is 0 Å². The number of anilines is 1. The van der Waals surface area contributed by atoms with Gasteiger partial charge >= 0.3 is 5.97 Å². The Balaban J connectivity index is 2.32. The minimum Gasteiger partial charge on any atom is -0.477 e. The van der Waals surface area contributed by atoms with E-state index in [4.69, 9.17) is 5.11 Å². The third-order valence-corrected chi connectivity index (χ3v) is 3.71. The number of carboxylic acids is 1. The van der Waals surface area contributed by atoms with E-state index < -0.39 is 16.0 Å². The zero-order valence-electron chi connectivity index (χ0n) is 10.7. The Kier molecular flexibility index (Phi) is 3.45. The number of carbonyl (C=O) groups is 1. The number of sulfonamides is 1. The highest BCUT2D eigenvalue weighted by molar-refractivity contribution is 7.92. The maximum Gasteiger partial charge on any atom is 0.352 e. The van der Waals surface area contributed by atoms with Crippen LogP contribution in [-0.2, 0) is 10.0 Å². The lowest BCUT2D eigenvalue weighted by Gasteiger charge is -2.06. The van der Waals surface area contributed by atoms with Crippen LogP contribution < -0.4 is 4.72 Å². The molecule has 2 rings (SSSR count). The predicted octanol–water partition coefficient (Wildman–Crippen LogP) is 0.921. The summed E-state index contributed by atoms with van der Waals surface area (Å²) < 4.78 is 26.3. The normalized spacial score (nSPS) is 11.3. The molecule has 0 bridgehead atoms. The molecule has 0 saturated heterocycles. The minimum atomic E-state index is -3.93. The molecule has 0 spiro atoms. The van der Waals surface area contributed by atoms with E-state index in [-0.39, 0.29) is 16.5 Å². The lowest BCUT2D eigenvalue weighted by Crippen LogP contribution is -2.15. The molecule has 20 heavy (non-hydrogen) atoms. The number of aromatic nitrogens is 3. The van der Waals surface area contributed by atoms with Crippen LogP contribution in [-0.4, -0.2) is 34.4 Å². The summed E-state index contributed by atoms with van der Waals surface area (Å²) in [5.74, 6) is -1.30. The number of aromatic amines is 1. The fraction of sp³-hybridized carbons (Fsp3) is 0.182. The summed E-state index contributed by atoms with van der Waals surface area (Å²) in [7, 11) is -3.93. The monoisotopic (exact) mass is 296 g/mol. The molecule has 0 aliphatic rings. The van der Waals surface area contributed by atoms with Crippen molar-refractivity contribution in [1.82, 2.24) is 15.0 Å².